The maximum Gasteiger partial charge on any atom is 0.252 e. The Balaban J connectivity index is 1.75. The average Bonchev–Trinajstić information content (AvgIpc) is 3.13. The Hall–Kier alpha value is -2.11. The molecule has 0 fully saturated rings. The summed E-state index contributed by atoms with van der Waals surface area (Å²) >= 11 is 1.51. The number of rotatable bonds is 5. The highest BCUT2D eigenvalue weighted by molar-refractivity contribution is 7.08. The lowest BCUT2D eigenvalue weighted by Gasteiger charge is -2.16. The van der Waals surface area contributed by atoms with Crippen LogP contribution < -0.4 is 5.32 Å². The number of aromatic nitrogens is 1. The van der Waals surface area contributed by atoms with Gasteiger partial charge in [0.1, 0.15) is 0 Å². The number of hydrogen-bond acceptors (Lipinski definition) is 3. The van der Waals surface area contributed by atoms with E-state index in [9.17, 15) is 9.90 Å². The van der Waals surface area contributed by atoms with Crippen LogP contribution >= 0.6 is 11.3 Å². The average molecular weight is 314 g/mol. The number of thiophene rings is 1. The van der Waals surface area contributed by atoms with Gasteiger partial charge >= 0.3 is 0 Å². The van der Waals surface area contributed by atoms with Gasteiger partial charge in [-0.25, -0.2) is 0 Å². The highest BCUT2D eigenvalue weighted by atomic mass is 32.1. The van der Waals surface area contributed by atoms with E-state index in [0.717, 1.165) is 22.0 Å². The fourth-order valence-corrected chi connectivity index (χ4v) is 3.41. The standard InChI is InChI=1S/C17H18N2O2S/c1-11-9-22-10-15(11)17(21)19-13(8-20)6-12-7-18-16-5-3-2-4-14(12)16/h2-5,7,9-10,13,18,20H,6,8H2,1H3,(H,19,21)/t13-/m1/s1. The van der Waals surface area contributed by atoms with Crippen molar-refractivity contribution in [3.63, 3.8) is 0 Å². The summed E-state index contributed by atoms with van der Waals surface area (Å²) in [5, 5.41) is 17.4. The van der Waals surface area contributed by atoms with E-state index in [2.05, 4.69) is 10.3 Å². The minimum atomic E-state index is -0.300. The second-order valence-electron chi connectivity index (χ2n) is 5.39. The number of nitrogens with one attached hydrogen (secondary N) is 2. The summed E-state index contributed by atoms with van der Waals surface area (Å²) < 4.78 is 0. The lowest BCUT2D eigenvalue weighted by molar-refractivity contribution is 0.0916. The summed E-state index contributed by atoms with van der Waals surface area (Å²) in [6.45, 7) is 1.83. The SMILES string of the molecule is Cc1cscc1C(=O)N[C@@H](CO)Cc1c[nH]c2ccccc12. The van der Waals surface area contributed by atoms with Gasteiger partial charge in [-0.2, -0.15) is 11.3 Å². The van der Waals surface area contributed by atoms with E-state index in [-0.39, 0.29) is 18.6 Å². The van der Waals surface area contributed by atoms with E-state index in [0.29, 0.717) is 12.0 Å². The Morgan fingerprint density at radius 1 is 1.36 bits per heavy atom. The van der Waals surface area contributed by atoms with Crippen LogP contribution in [0.3, 0.4) is 0 Å². The maximum absolute atomic E-state index is 12.3. The van der Waals surface area contributed by atoms with Crippen LogP contribution in [0.15, 0.2) is 41.2 Å². The van der Waals surface area contributed by atoms with Gasteiger partial charge in [-0.15, -0.1) is 0 Å². The number of aliphatic hydroxyl groups excluding tert-OH is 1. The second kappa shape index (κ2) is 6.34. The molecule has 22 heavy (non-hydrogen) atoms. The molecule has 3 aromatic rings. The highest BCUT2D eigenvalue weighted by Gasteiger charge is 2.17. The second-order valence-corrected chi connectivity index (χ2v) is 6.13. The quantitative estimate of drug-likeness (QED) is 0.678. The number of H-pyrrole nitrogens is 1. The lowest BCUT2D eigenvalue weighted by atomic mass is 10.0. The minimum absolute atomic E-state index is 0.0889. The molecule has 3 rings (SSSR count). The smallest absolute Gasteiger partial charge is 0.252 e. The van der Waals surface area contributed by atoms with Gasteiger partial charge in [0.2, 0.25) is 0 Å². The molecule has 0 aliphatic carbocycles. The molecule has 0 unspecified atom stereocenters. The Morgan fingerprint density at radius 3 is 2.91 bits per heavy atom. The van der Waals surface area contributed by atoms with Crippen LogP contribution in [0.2, 0.25) is 0 Å². The van der Waals surface area contributed by atoms with Gasteiger partial charge in [0.05, 0.1) is 18.2 Å². The zero-order valence-corrected chi connectivity index (χ0v) is 13.1. The molecular formula is C17H18N2O2S. The van der Waals surface area contributed by atoms with Crippen molar-refractivity contribution >= 4 is 28.1 Å². The molecule has 3 N–H and O–H groups in total. The molecule has 0 saturated heterocycles. The van der Waals surface area contributed by atoms with Crippen LogP contribution in [-0.4, -0.2) is 28.6 Å². The van der Waals surface area contributed by atoms with Gasteiger partial charge in [-0.1, -0.05) is 18.2 Å². The Kier molecular flexibility index (Phi) is 4.27. The predicted molar refractivity (Wildman–Crippen MR) is 89.4 cm³/mol. The molecular weight excluding hydrogens is 296 g/mol. The summed E-state index contributed by atoms with van der Waals surface area (Å²) in [7, 11) is 0. The molecule has 0 radical (unpaired) electrons. The van der Waals surface area contributed by atoms with Crippen molar-refractivity contribution in [3.8, 4) is 0 Å². The maximum atomic E-state index is 12.3. The Labute approximate surface area is 132 Å². The Bertz CT molecular complexity index is 791. The van der Waals surface area contributed by atoms with E-state index in [1.807, 2.05) is 48.1 Å². The van der Waals surface area contributed by atoms with E-state index in [4.69, 9.17) is 0 Å². The molecule has 0 aliphatic heterocycles. The Morgan fingerprint density at radius 2 is 2.18 bits per heavy atom. The van der Waals surface area contributed by atoms with Gasteiger partial charge in [0.25, 0.3) is 5.91 Å². The van der Waals surface area contributed by atoms with Crippen LogP contribution in [0.25, 0.3) is 10.9 Å². The third kappa shape index (κ3) is 2.91. The molecule has 1 amide bonds. The van der Waals surface area contributed by atoms with E-state index in [1.54, 1.807) is 0 Å². The molecule has 2 aromatic heterocycles. The van der Waals surface area contributed by atoms with E-state index >= 15 is 0 Å². The predicted octanol–water partition coefficient (Wildman–Crippen LogP) is 2.87. The number of hydrogen-bond donors (Lipinski definition) is 3. The fourth-order valence-electron chi connectivity index (χ4n) is 2.58. The number of aryl methyl sites for hydroxylation is 1. The number of aromatic amines is 1. The van der Waals surface area contributed by atoms with Crippen LogP contribution in [0.4, 0.5) is 0 Å². The molecule has 114 valence electrons. The molecule has 1 aromatic carbocycles. The normalized spacial score (nSPS) is 12.5. The van der Waals surface area contributed by atoms with Gasteiger partial charge in [-0.3, -0.25) is 4.79 Å². The minimum Gasteiger partial charge on any atom is -0.394 e. The van der Waals surface area contributed by atoms with Crippen LogP contribution in [0.1, 0.15) is 21.5 Å². The largest absolute Gasteiger partial charge is 0.394 e. The molecule has 5 heteroatoms. The summed E-state index contributed by atoms with van der Waals surface area (Å²) in [5.74, 6) is -0.127. The van der Waals surface area contributed by atoms with Crippen molar-refractivity contribution in [3.05, 3.63) is 57.9 Å². The molecule has 0 bridgehead atoms. The summed E-state index contributed by atoms with van der Waals surface area (Å²) in [6.07, 6.45) is 2.53. The van der Waals surface area contributed by atoms with Crippen molar-refractivity contribution in [1.82, 2.24) is 10.3 Å². The molecule has 0 saturated carbocycles. The van der Waals surface area contributed by atoms with Crippen LogP contribution in [0.5, 0.6) is 0 Å². The first kappa shape index (κ1) is 14.8. The van der Waals surface area contributed by atoms with Crippen molar-refractivity contribution in [1.29, 1.82) is 0 Å². The third-order valence-corrected chi connectivity index (χ3v) is 4.66. The van der Waals surface area contributed by atoms with Gasteiger partial charge < -0.3 is 15.4 Å². The third-order valence-electron chi connectivity index (χ3n) is 3.80. The van der Waals surface area contributed by atoms with Crippen molar-refractivity contribution in [2.24, 2.45) is 0 Å². The molecule has 0 spiro atoms. The van der Waals surface area contributed by atoms with Gasteiger partial charge in [0, 0.05) is 22.5 Å². The number of aliphatic hydroxyl groups is 1. The topological polar surface area (TPSA) is 65.1 Å². The van der Waals surface area contributed by atoms with Crippen molar-refractivity contribution in [2.45, 2.75) is 19.4 Å². The summed E-state index contributed by atoms with van der Waals surface area (Å²) in [4.78, 5) is 15.5. The first-order valence-electron chi connectivity index (χ1n) is 7.18. The first-order valence-corrected chi connectivity index (χ1v) is 8.13. The molecule has 4 nitrogen and oxygen atoms in total. The number of fused-ring (bicyclic) bond motifs is 1. The van der Waals surface area contributed by atoms with Gasteiger partial charge in [0.15, 0.2) is 0 Å². The summed E-state index contributed by atoms with van der Waals surface area (Å²) in [6, 6.07) is 7.72. The lowest BCUT2D eigenvalue weighted by Crippen LogP contribution is -2.39. The van der Waals surface area contributed by atoms with E-state index < -0.39 is 0 Å². The molecule has 0 aliphatic rings. The zero-order valence-electron chi connectivity index (χ0n) is 12.3. The van der Waals surface area contributed by atoms with E-state index in [1.165, 1.54) is 11.3 Å². The monoisotopic (exact) mass is 314 g/mol. The van der Waals surface area contributed by atoms with Crippen molar-refractivity contribution < 1.29 is 9.90 Å². The fraction of sp³-hybridized carbons (Fsp3) is 0.235. The number of para-hydroxylation sites is 1. The number of carbonyl (C=O) groups is 1. The molecule has 2 heterocycles. The first-order chi connectivity index (χ1) is 10.7. The van der Waals surface area contributed by atoms with Crippen LogP contribution in [-0.2, 0) is 6.42 Å². The zero-order chi connectivity index (χ0) is 15.5. The number of carbonyl (C=O) groups excluding carboxylic acids is 1. The highest BCUT2D eigenvalue weighted by Crippen LogP contribution is 2.19. The molecule has 1 atom stereocenters. The number of benzene rings is 1. The van der Waals surface area contributed by atoms with Gasteiger partial charge in [-0.05, 0) is 35.9 Å². The van der Waals surface area contributed by atoms with Crippen LogP contribution in [0, 0.1) is 6.92 Å². The summed E-state index contributed by atoms with van der Waals surface area (Å²) in [5.41, 5.74) is 3.81. The number of amides is 1. The van der Waals surface area contributed by atoms with Crippen molar-refractivity contribution in [2.75, 3.05) is 6.61 Å².